The van der Waals surface area contributed by atoms with E-state index in [9.17, 15) is 19.2 Å². The van der Waals surface area contributed by atoms with Crippen molar-refractivity contribution < 1.29 is 28.7 Å². The molecule has 0 spiro atoms. The number of hydrogen-bond donors (Lipinski definition) is 4. The Balaban J connectivity index is 1.06. The van der Waals surface area contributed by atoms with Crippen LogP contribution in [-0.4, -0.2) is 93.1 Å². The predicted octanol–water partition coefficient (Wildman–Crippen LogP) is 7.38. The molecule has 7 rings (SSSR count). The van der Waals surface area contributed by atoms with Gasteiger partial charge in [0.25, 0.3) is 0 Å². The van der Waals surface area contributed by atoms with Gasteiger partial charge in [0.1, 0.15) is 23.7 Å². The SMILES string of the molecule is COC(=O)NC(C(=O)N1CCCC1c1ncc(-c2cccc(-c3ccc4cc(-c5cnc(C6CCCN6C(=O)C(NC(=O)OC)C(C)C)[nH]5)ccc4c3)c2)[nH]1)C(C)C. The van der Waals surface area contributed by atoms with Crippen LogP contribution in [0.5, 0.6) is 0 Å². The standard InChI is InChI=1S/C44H52N8O6/c1-25(2)37(49-43(55)57-5)41(53)51-18-8-12-35(51)39-45-23-33(47-39)31-11-7-10-27(21-31)28-14-15-30-22-32(17-16-29(30)20-28)34-24-46-40(48-34)36-13-9-19-52(36)42(54)38(26(3)4)50-44(56)58-6/h7,10-11,14-17,20-26,35-38H,8-9,12-13,18-19H2,1-6H3,(H,45,47)(H,46,48)(H,49,55)(H,50,56). The first-order valence-corrected chi connectivity index (χ1v) is 20.0. The average molecular weight is 789 g/mol. The molecule has 2 saturated heterocycles. The highest BCUT2D eigenvalue weighted by molar-refractivity contribution is 5.91. The molecule has 0 aliphatic carbocycles. The van der Waals surface area contributed by atoms with Crippen molar-refractivity contribution in [2.45, 2.75) is 77.5 Å². The number of hydrogen-bond acceptors (Lipinski definition) is 8. The predicted molar refractivity (Wildman–Crippen MR) is 220 cm³/mol. The Morgan fingerprint density at radius 2 is 1.07 bits per heavy atom. The Morgan fingerprint density at radius 1 is 0.638 bits per heavy atom. The molecule has 4 heterocycles. The number of nitrogens with zero attached hydrogens (tertiary/aromatic N) is 4. The first kappa shape index (κ1) is 40.0. The molecule has 58 heavy (non-hydrogen) atoms. The summed E-state index contributed by atoms with van der Waals surface area (Å²) in [6, 6.07) is 19.2. The molecular weight excluding hydrogens is 737 g/mol. The zero-order valence-electron chi connectivity index (χ0n) is 33.9. The summed E-state index contributed by atoms with van der Waals surface area (Å²) < 4.78 is 9.54. The number of H-pyrrole nitrogens is 2. The minimum Gasteiger partial charge on any atom is -0.453 e. The van der Waals surface area contributed by atoms with Crippen LogP contribution in [0, 0.1) is 11.8 Å². The number of alkyl carbamates (subject to hydrolysis) is 2. The van der Waals surface area contributed by atoms with Crippen LogP contribution in [-0.2, 0) is 19.1 Å². The second-order valence-corrected chi connectivity index (χ2v) is 15.8. The maximum absolute atomic E-state index is 13.6. The molecule has 0 radical (unpaired) electrons. The molecule has 14 heteroatoms. The number of rotatable bonds is 11. The zero-order valence-corrected chi connectivity index (χ0v) is 33.9. The van der Waals surface area contributed by atoms with Crippen molar-refractivity contribution in [1.29, 1.82) is 0 Å². The van der Waals surface area contributed by atoms with Crippen molar-refractivity contribution in [3.05, 3.63) is 84.7 Å². The lowest BCUT2D eigenvalue weighted by Gasteiger charge is -2.30. The molecule has 304 valence electrons. The Kier molecular flexibility index (Phi) is 11.8. The van der Waals surface area contributed by atoms with Crippen LogP contribution >= 0.6 is 0 Å². The van der Waals surface area contributed by atoms with Gasteiger partial charge in [0.15, 0.2) is 0 Å². The van der Waals surface area contributed by atoms with Crippen LogP contribution in [0.2, 0.25) is 0 Å². The third-order valence-electron chi connectivity index (χ3n) is 11.3. The van der Waals surface area contributed by atoms with E-state index in [-0.39, 0.29) is 35.7 Å². The summed E-state index contributed by atoms with van der Waals surface area (Å²) >= 11 is 0. The Hall–Kier alpha value is -6.18. The molecule has 14 nitrogen and oxygen atoms in total. The number of benzene rings is 3. The summed E-state index contributed by atoms with van der Waals surface area (Å²) in [5.74, 6) is 0.947. The second-order valence-electron chi connectivity index (χ2n) is 15.8. The fourth-order valence-corrected chi connectivity index (χ4v) is 8.15. The Labute approximate surface area is 338 Å². The molecule has 2 aliphatic heterocycles. The smallest absolute Gasteiger partial charge is 0.407 e. The van der Waals surface area contributed by atoms with Gasteiger partial charge in [-0.25, -0.2) is 19.6 Å². The second kappa shape index (κ2) is 17.1. The maximum atomic E-state index is 13.6. The maximum Gasteiger partial charge on any atom is 0.407 e. The van der Waals surface area contributed by atoms with E-state index < -0.39 is 24.3 Å². The molecule has 2 fully saturated rings. The van der Waals surface area contributed by atoms with Gasteiger partial charge < -0.3 is 39.9 Å². The molecule has 0 saturated carbocycles. The van der Waals surface area contributed by atoms with Crippen molar-refractivity contribution >= 4 is 34.8 Å². The molecule has 5 aromatic rings. The summed E-state index contributed by atoms with van der Waals surface area (Å²) in [4.78, 5) is 71.2. The number of imidazole rings is 2. The number of carbonyl (C=O) groups excluding carboxylic acids is 4. The third-order valence-corrected chi connectivity index (χ3v) is 11.3. The van der Waals surface area contributed by atoms with E-state index in [0.717, 1.165) is 81.7 Å². The largest absolute Gasteiger partial charge is 0.453 e. The lowest BCUT2D eigenvalue weighted by molar-refractivity contribution is -0.136. The minimum atomic E-state index is -0.694. The number of fused-ring (bicyclic) bond motifs is 1. The van der Waals surface area contributed by atoms with Gasteiger partial charge in [0.2, 0.25) is 11.8 Å². The quantitative estimate of drug-likeness (QED) is 0.107. The van der Waals surface area contributed by atoms with Gasteiger partial charge >= 0.3 is 12.2 Å². The lowest BCUT2D eigenvalue weighted by Crippen LogP contribution is -2.51. The van der Waals surface area contributed by atoms with Crippen LogP contribution in [0.25, 0.3) is 44.4 Å². The molecular formula is C44H52N8O6. The molecule has 4 unspecified atom stereocenters. The zero-order chi connectivity index (χ0) is 41.1. The number of aromatic amines is 2. The van der Waals surface area contributed by atoms with E-state index in [1.54, 1.807) is 0 Å². The number of amides is 4. The monoisotopic (exact) mass is 788 g/mol. The van der Waals surface area contributed by atoms with Crippen molar-refractivity contribution in [2.24, 2.45) is 11.8 Å². The fraction of sp³-hybridized carbons (Fsp3) is 0.409. The summed E-state index contributed by atoms with van der Waals surface area (Å²) in [7, 11) is 2.58. The van der Waals surface area contributed by atoms with E-state index in [4.69, 9.17) is 19.4 Å². The van der Waals surface area contributed by atoms with E-state index in [0.29, 0.717) is 13.1 Å². The van der Waals surface area contributed by atoms with Crippen molar-refractivity contribution in [3.63, 3.8) is 0 Å². The highest BCUT2D eigenvalue weighted by Crippen LogP contribution is 2.36. The first-order chi connectivity index (χ1) is 27.9. The van der Waals surface area contributed by atoms with Crippen LogP contribution < -0.4 is 10.6 Å². The van der Waals surface area contributed by atoms with E-state index in [1.165, 1.54) is 14.2 Å². The minimum absolute atomic E-state index is 0.108. The third kappa shape index (κ3) is 8.27. The number of likely N-dealkylation sites (tertiary alicyclic amines) is 2. The summed E-state index contributed by atoms with van der Waals surface area (Å²) in [6.07, 6.45) is 5.63. The summed E-state index contributed by atoms with van der Waals surface area (Å²) in [5.41, 5.74) is 5.82. The number of ether oxygens (including phenoxy) is 2. The number of carbonyl (C=O) groups is 4. The van der Waals surface area contributed by atoms with Crippen LogP contribution in [0.15, 0.2) is 73.1 Å². The van der Waals surface area contributed by atoms with Crippen LogP contribution in [0.3, 0.4) is 0 Å². The van der Waals surface area contributed by atoms with E-state index in [1.807, 2.05) is 62.0 Å². The van der Waals surface area contributed by atoms with E-state index >= 15 is 0 Å². The van der Waals surface area contributed by atoms with Crippen LogP contribution in [0.1, 0.15) is 77.1 Å². The van der Waals surface area contributed by atoms with Gasteiger partial charge in [0.05, 0.1) is 50.1 Å². The fourth-order valence-electron chi connectivity index (χ4n) is 8.15. The van der Waals surface area contributed by atoms with Gasteiger partial charge in [-0.15, -0.1) is 0 Å². The van der Waals surface area contributed by atoms with Gasteiger partial charge in [-0.1, -0.05) is 70.2 Å². The highest BCUT2D eigenvalue weighted by atomic mass is 16.5. The Morgan fingerprint density at radius 3 is 1.55 bits per heavy atom. The molecule has 4 amide bonds. The normalized spacial score (nSPS) is 17.8. The topological polar surface area (TPSA) is 175 Å². The molecule has 0 bridgehead atoms. The van der Waals surface area contributed by atoms with Crippen molar-refractivity contribution in [3.8, 4) is 33.6 Å². The number of nitrogens with one attached hydrogen (secondary N) is 4. The van der Waals surface area contributed by atoms with Gasteiger partial charge in [-0.3, -0.25) is 9.59 Å². The number of aromatic nitrogens is 4. The van der Waals surface area contributed by atoms with Crippen LogP contribution in [0.4, 0.5) is 9.59 Å². The lowest BCUT2D eigenvalue weighted by atomic mass is 9.98. The van der Waals surface area contributed by atoms with Crippen molar-refractivity contribution in [2.75, 3.05) is 27.3 Å². The molecule has 4 N–H and O–H groups in total. The van der Waals surface area contributed by atoms with Crippen molar-refractivity contribution in [1.82, 2.24) is 40.4 Å². The summed E-state index contributed by atoms with van der Waals surface area (Å²) in [5, 5.41) is 7.58. The number of methoxy groups -OCH3 is 2. The Bertz CT molecular complexity index is 2300. The first-order valence-electron chi connectivity index (χ1n) is 20.0. The molecule has 2 aliphatic rings. The van der Waals surface area contributed by atoms with Gasteiger partial charge in [0, 0.05) is 24.2 Å². The molecule has 2 aromatic heterocycles. The highest BCUT2D eigenvalue weighted by Gasteiger charge is 2.39. The summed E-state index contributed by atoms with van der Waals surface area (Å²) in [6.45, 7) is 8.79. The molecule has 3 aromatic carbocycles. The van der Waals surface area contributed by atoms with Gasteiger partial charge in [-0.05, 0) is 77.6 Å². The average Bonchev–Trinajstić information content (AvgIpc) is 4.07. The van der Waals surface area contributed by atoms with E-state index in [2.05, 4.69) is 69.1 Å². The molecule has 4 atom stereocenters. The van der Waals surface area contributed by atoms with Gasteiger partial charge in [-0.2, -0.15) is 0 Å².